The highest BCUT2D eigenvalue weighted by atomic mass is 35.5. The van der Waals surface area contributed by atoms with Gasteiger partial charge in [-0.2, -0.15) is 0 Å². The predicted molar refractivity (Wildman–Crippen MR) is 114 cm³/mol. The number of furan rings is 1. The van der Waals surface area contributed by atoms with Gasteiger partial charge in [0, 0.05) is 11.6 Å². The van der Waals surface area contributed by atoms with Crippen molar-refractivity contribution >= 4 is 46.3 Å². The molecule has 0 unspecified atom stereocenters. The molecule has 1 aromatic heterocycles. The Kier molecular flexibility index (Phi) is 4.87. The molecular weight excluding hydrogens is 394 g/mol. The van der Waals surface area contributed by atoms with E-state index < -0.39 is 0 Å². The minimum Gasteiger partial charge on any atom is -0.457 e. The summed E-state index contributed by atoms with van der Waals surface area (Å²) < 4.78 is 5.82. The highest BCUT2D eigenvalue weighted by molar-refractivity contribution is 8.19. The van der Waals surface area contributed by atoms with Crippen LogP contribution in [0.2, 0.25) is 5.02 Å². The van der Waals surface area contributed by atoms with E-state index in [1.165, 1.54) is 4.90 Å². The standard InChI is InChI=1S/C22H16ClNO3S/c1-13-6-5-9-18(14(13)2)24-21(25)20(28-22(24)26)12-15-10-11-19(27-15)16-7-3-4-8-17(16)23/h3-12H,1-2H3/b20-12+. The zero-order chi connectivity index (χ0) is 19.8. The van der Waals surface area contributed by atoms with E-state index in [0.717, 1.165) is 28.5 Å². The van der Waals surface area contributed by atoms with Crippen LogP contribution in [0.1, 0.15) is 16.9 Å². The number of carbonyl (C=O) groups is 2. The van der Waals surface area contributed by atoms with E-state index in [2.05, 4.69) is 0 Å². The minimum atomic E-state index is -0.348. The Morgan fingerprint density at radius 3 is 2.57 bits per heavy atom. The summed E-state index contributed by atoms with van der Waals surface area (Å²) >= 11 is 7.12. The fourth-order valence-corrected chi connectivity index (χ4v) is 4.06. The average molecular weight is 410 g/mol. The molecule has 0 radical (unpaired) electrons. The molecule has 0 N–H and O–H groups in total. The van der Waals surface area contributed by atoms with Crippen molar-refractivity contribution in [2.45, 2.75) is 13.8 Å². The Morgan fingerprint density at radius 2 is 1.79 bits per heavy atom. The summed E-state index contributed by atoms with van der Waals surface area (Å²) in [6.45, 7) is 3.85. The maximum Gasteiger partial charge on any atom is 0.298 e. The van der Waals surface area contributed by atoms with E-state index >= 15 is 0 Å². The third kappa shape index (κ3) is 3.28. The number of nitrogens with zero attached hydrogens (tertiary/aromatic N) is 1. The predicted octanol–water partition coefficient (Wildman–Crippen LogP) is 6.46. The van der Waals surface area contributed by atoms with Crippen molar-refractivity contribution in [2.24, 2.45) is 0 Å². The molecule has 0 aliphatic carbocycles. The lowest BCUT2D eigenvalue weighted by atomic mass is 10.1. The van der Waals surface area contributed by atoms with E-state index in [9.17, 15) is 9.59 Å². The zero-order valence-electron chi connectivity index (χ0n) is 15.2. The smallest absolute Gasteiger partial charge is 0.298 e. The first-order valence-corrected chi connectivity index (χ1v) is 9.84. The first-order chi connectivity index (χ1) is 13.5. The van der Waals surface area contributed by atoms with E-state index in [1.807, 2.05) is 44.2 Å². The van der Waals surface area contributed by atoms with Gasteiger partial charge in [-0.1, -0.05) is 35.9 Å². The molecule has 4 rings (SSSR count). The van der Waals surface area contributed by atoms with Crippen LogP contribution in [0, 0.1) is 13.8 Å². The van der Waals surface area contributed by atoms with Crippen LogP contribution in [0.5, 0.6) is 0 Å². The number of anilines is 1. The fourth-order valence-electron chi connectivity index (χ4n) is 3.02. The van der Waals surface area contributed by atoms with Crippen LogP contribution in [0.3, 0.4) is 0 Å². The van der Waals surface area contributed by atoms with Gasteiger partial charge in [0.1, 0.15) is 11.5 Å². The quantitative estimate of drug-likeness (QED) is 0.466. The SMILES string of the molecule is Cc1cccc(N2C(=O)S/C(=C/c3ccc(-c4ccccc4Cl)o3)C2=O)c1C. The lowest BCUT2D eigenvalue weighted by Gasteiger charge is -2.16. The van der Waals surface area contributed by atoms with Gasteiger partial charge in [-0.3, -0.25) is 9.59 Å². The van der Waals surface area contributed by atoms with E-state index in [4.69, 9.17) is 16.0 Å². The second kappa shape index (κ2) is 7.34. The summed E-state index contributed by atoms with van der Waals surface area (Å²) in [4.78, 5) is 26.9. The van der Waals surface area contributed by atoms with Gasteiger partial charge in [-0.05, 0) is 67.1 Å². The molecule has 0 spiro atoms. The van der Waals surface area contributed by atoms with Gasteiger partial charge in [0.25, 0.3) is 11.1 Å². The van der Waals surface area contributed by atoms with E-state index in [0.29, 0.717) is 27.1 Å². The average Bonchev–Trinajstić information content (AvgIpc) is 3.23. The normalized spacial score (nSPS) is 15.7. The van der Waals surface area contributed by atoms with Gasteiger partial charge in [0.2, 0.25) is 0 Å². The van der Waals surface area contributed by atoms with Crippen LogP contribution in [-0.4, -0.2) is 11.1 Å². The molecule has 2 heterocycles. The molecule has 1 saturated heterocycles. The molecule has 3 aromatic rings. The summed E-state index contributed by atoms with van der Waals surface area (Å²) in [7, 11) is 0. The Hall–Kier alpha value is -2.76. The summed E-state index contributed by atoms with van der Waals surface area (Å²) in [5, 5.41) is 0.265. The summed E-state index contributed by atoms with van der Waals surface area (Å²) in [5.74, 6) is 0.742. The topological polar surface area (TPSA) is 50.5 Å². The molecule has 4 nitrogen and oxygen atoms in total. The van der Waals surface area contributed by atoms with Crippen LogP contribution in [-0.2, 0) is 4.79 Å². The molecule has 0 atom stereocenters. The number of carbonyl (C=O) groups excluding carboxylic acids is 2. The van der Waals surface area contributed by atoms with Gasteiger partial charge in [-0.15, -0.1) is 0 Å². The van der Waals surface area contributed by atoms with Crippen LogP contribution in [0.15, 0.2) is 63.9 Å². The second-order valence-corrected chi connectivity index (χ2v) is 7.82. The number of rotatable bonds is 3. The number of amides is 2. The second-order valence-electron chi connectivity index (χ2n) is 6.42. The molecule has 6 heteroatoms. The molecular formula is C22H16ClNO3S. The molecule has 0 saturated carbocycles. The van der Waals surface area contributed by atoms with Crippen molar-refractivity contribution in [1.29, 1.82) is 0 Å². The van der Waals surface area contributed by atoms with Crippen molar-refractivity contribution in [2.75, 3.05) is 4.90 Å². The number of thioether (sulfide) groups is 1. The van der Waals surface area contributed by atoms with Crippen LogP contribution in [0.4, 0.5) is 10.5 Å². The highest BCUT2D eigenvalue weighted by Crippen LogP contribution is 2.38. The molecule has 2 amide bonds. The minimum absolute atomic E-state index is 0.317. The summed E-state index contributed by atoms with van der Waals surface area (Å²) in [5.41, 5.74) is 3.32. The first kappa shape index (κ1) is 18.6. The molecule has 1 fully saturated rings. The highest BCUT2D eigenvalue weighted by Gasteiger charge is 2.37. The maximum absolute atomic E-state index is 12.9. The fraction of sp³-hybridized carbons (Fsp3) is 0.0909. The molecule has 0 bridgehead atoms. The van der Waals surface area contributed by atoms with Gasteiger partial charge in [0.15, 0.2) is 0 Å². The summed E-state index contributed by atoms with van der Waals surface area (Å²) in [6.07, 6.45) is 1.59. The number of benzene rings is 2. The number of aryl methyl sites for hydroxylation is 1. The van der Waals surface area contributed by atoms with Crippen molar-refractivity contribution in [3.8, 4) is 11.3 Å². The number of hydrogen-bond acceptors (Lipinski definition) is 4. The van der Waals surface area contributed by atoms with Crippen LogP contribution < -0.4 is 4.90 Å². The Labute approximate surface area is 171 Å². The van der Waals surface area contributed by atoms with Crippen LogP contribution in [0.25, 0.3) is 17.4 Å². The van der Waals surface area contributed by atoms with E-state index in [-0.39, 0.29) is 11.1 Å². The largest absolute Gasteiger partial charge is 0.457 e. The number of imide groups is 1. The Balaban J connectivity index is 1.65. The Bertz CT molecular complexity index is 1130. The monoisotopic (exact) mass is 409 g/mol. The number of hydrogen-bond donors (Lipinski definition) is 0. The maximum atomic E-state index is 12.9. The van der Waals surface area contributed by atoms with Gasteiger partial charge >= 0.3 is 0 Å². The van der Waals surface area contributed by atoms with Gasteiger partial charge in [0.05, 0.1) is 15.6 Å². The summed E-state index contributed by atoms with van der Waals surface area (Å²) in [6, 6.07) is 16.5. The third-order valence-corrected chi connectivity index (χ3v) is 5.85. The molecule has 2 aromatic carbocycles. The van der Waals surface area contributed by atoms with Gasteiger partial charge < -0.3 is 4.42 Å². The zero-order valence-corrected chi connectivity index (χ0v) is 16.8. The lowest BCUT2D eigenvalue weighted by Crippen LogP contribution is -2.28. The first-order valence-electron chi connectivity index (χ1n) is 8.64. The lowest BCUT2D eigenvalue weighted by molar-refractivity contribution is -0.113. The van der Waals surface area contributed by atoms with Crippen molar-refractivity contribution in [1.82, 2.24) is 0 Å². The van der Waals surface area contributed by atoms with Crippen molar-refractivity contribution < 1.29 is 14.0 Å². The molecule has 140 valence electrons. The van der Waals surface area contributed by atoms with Crippen molar-refractivity contribution in [3.05, 3.63) is 81.4 Å². The van der Waals surface area contributed by atoms with Crippen LogP contribution >= 0.6 is 23.4 Å². The van der Waals surface area contributed by atoms with Crippen molar-refractivity contribution in [3.63, 3.8) is 0 Å². The molecule has 1 aliphatic heterocycles. The third-order valence-electron chi connectivity index (χ3n) is 4.65. The van der Waals surface area contributed by atoms with Gasteiger partial charge in [-0.25, -0.2) is 4.90 Å². The Morgan fingerprint density at radius 1 is 1.00 bits per heavy atom. The molecule has 1 aliphatic rings. The molecule has 28 heavy (non-hydrogen) atoms. The number of halogens is 1. The van der Waals surface area contributed by atoms with E-state index in [1.54, 1.807) is 30.3 Å².